The van der Waals surface area contributed by atoms with E-state index in [9.17, 15) is 9.50 Å². The highest BCUT2D eigenvalue weighted by Gasteiger charge is 2.28. The second-order valence-electron chi connectivity index (χ2n) is 7.98. The normalized spacial score (nSPS) is 19.3. The van der Waals surface area contributed by atoms with Crippen LogP contribution in [0.5, 0.6) is 5.75 Å². The summed E-state index contributed by atoms with van der Waals surface area (Å²) in [5, 5.41) is 31.8. The van der Waals surface area contributed by atoms with Gasteiger partial charge >= 0.3 is 0 Å². The summed E-state index contributed by atoms with van der Waals surface area (Å²) < 4.78 is 14.7. The number of hydrogen-bond donors (Lipinski definition) is 2. The van der Waals surface area contributed by atoms with Crippen LogP contribution in [0.4, 0.5) is 10.2 Å². The topological polar surface area (TPSA) is 87.1 Å². The Morgan fingerprint density at radius 3 is 2.60 bits per heavy atom. The Morgan fingerprint density at radius 2 is 1.93 bits per heavy atom. The number of anilines is 1. The van der Waals surface area contributed by atoms with Gasteiger partial charge in [0.2, 0.25) is 0 Å². The van der Waals surface area contributed by atoms with Crippen molar-refractivity contribution >= 4 is 17.2 Å². The van der Waals surface area contributed by atoms with Crippen LogP contribution in [-0.4, -0.2) is 50.7 Å². The smallest absolute Gasteiger partial charge is 0.151 e. The van der Waals surface area contributed by atoms with Gasteiger partial charge in [-0.05, 0) is 50.5 Å². The van der Waals surface area contributed by atoms with Crippen molar-refractivity contribution in [1.82, 2.24) is 25.7 Å². The van der Waals surface area contributed by atoms with Gasteiger partial charge in [-0.3, -0.25) is 0 Å². The van der Waals surface area contributed by atoms with Gasteiger partial charge in [0.25, 0.3) is 0 Å². The van der Waals surface area contributed by atoms with Gasteiger partial charge in [-0.1, -0.05) is 17.8 Å². The van der Waals surface area contributed by atoms with E-state index in [4.69, 9.17) is 0 Å². The molecule has 0 bridgehead atoms. The number of halogens is 1. The Hall–Kier alpha value is -2.65. The summed E-state index contributed by atoms with van der Waals surface area (Å²) in [6.07, 6.45) is 4.99. The van der Waals surface area contributed by atoms with E-state index in [2.05, 4.69) is 30.6 Å². The fourth-order valence-electron chi connectivity index (χ4n) is 3.99. The lowest BCUT2D eigenvalue weighted by molar-refractivity contribution is 0.311. The predicted octanol–water partition coefficient (Wildman–Crippen LogP) is 3.54. The van der Waals surface area contributed by atoms with Crippen LogP contribution in [0.3, 0.4) is 0 Å². The molecule has 3 aromatic rings. The Kier molecular flexibility index (Phi) is 5.08. The largest absolute Gasteiger partial charge is 0.507 e. The minimum atomic E-state index is -0.478. The standard InChI is InChI=1S/C21H23FN6OS/c1-12-24-27-21(30-12)15-10-19(29)16(9-17(15)22)18-5-6-20(26-25-18)28-8-7-14(11-28)23-13-3-2-4-13/h5-6,9-10,13-14,23,29H,2-4,7-8,11H2,1H3/t14-/m0/s1. The van der Waals surface area contributed by atoms with Crippen LogP contribution in [0.15, 0.2) is 24.3 Å². The zero-order valence-electron chi connectivity index (χ0n) is 16.7. The van der Waals surface area contributed by atoms with Crippen molar-refractivity contribution in [3.05, 3.63) is 35.1 Å². The third kappa shape index (κ3) is 3.75. The van der Waals surface area contributed by atoms with Crippen molar-refractivity contribution in [2.24, 2.45) is 0 Å². The van der Waals surface area contributed by atoms with Crippen molar-refractivity contribution in [1.29, 1.82) is 0 Å². The number of hydrogen-bond acceptors (Lipinski definition) is 8. The summed E-state index contributed by atoms with van der Waals surface area (Å²) in [5.74, 6) is 0.263. The molecule has 2 aliphatic rings. The molecule has 1 aromatic carbocycles. The highest BCUT2D eigenvalue weighted by atomic mass is 32.1. The monoisotopic (exact) mass is 426 g/mol. The Balaban J connectivity index is 1.32. The van der Waals surface area contributed by atoms with Crippen LogP contribution >= 0.6 is 11.3 Å². The number of phenolic OH excluding ortho intramolecular Hbond substituents is 1. The summed E-state index contributed by atoms with van der Waals surface area (Å²) in [6, 6.07) is 7.47. The molecule has 2 N–H and O–H groups in total. The Labute approximate surface area is 178 Å². The lowest BCUT2D eigenvalue weighted by Crippen LogP contribution is -2.43. The van der Waals surface area contributed by atoms with Crippen molar-refractivity contribution in [3.8, 4) is 27.6 Å². The number of phenols is 1. The van der Waals surface area contributed by atoms with Crippen molar-refractivity contribution in [2.75, 3.05) is 18.0 Å². The number of aryl methyl sites for hydroxylation is 1. The third-order valence-corrected chi connectivity index (χ3v) is 6.73. The summed E-state index contributed by atoms with van der Waals surface area (Å²) >= 11 is 1.28. The summed E-state index contributed by atoms with van der Waals surface area (Å²) in [4.78, 5) is 2.22. The van der Waals surface area contributed by atoms with Crippen molar-refractivity contribution in [2.45, 2.75) is 44.7 Å². The van der Waals surface area contributed by atoms with Crippen LogP contribution in [0.25, 0.3) is 21.8 Å². The molecule has 156 valence electrons. The van der Waals surface area contributed by atoms with Crippen molar-refractivity contribution in [3.63, 3.8) is 0 Å². The van der Waals surface area contributed by atoms with E-state index in [1.165, 1.54) is 42.7 Å². The Bertz CT molecular complexity index is 1050. The van der Waals surface area contributed by atoms with Crippen LogP contribution in [0.2, 0.25) is 0 Å². The van der Waals surface area contributed by atoms with E-state index in [1.807, 2.05) is 6.07 Å². The van der Waals surface area contributed by atoms with Gasteiger partial charge in [-0.15, -0.1) is 20.4 Å². The van der Waals surface area contributed by atoms with Crippen molar-refractivity contribution < 1.29 is 9.50 Å². The molecule has 1 aliphatic heterocycles. The quantitative estimate of drug-likeness (QED) is 0.645. The number of nitrogens with zero attached hydrogens (tertiary/aromatic N) is 5. The average molecular weight is 427 g/mol. The first-order valence-corrected chi connectivity index (χ1v) is 11.1. The molecule has 1 aliphatic carbocycles. The van der Waals surface area contributed by atoms with Gasteiger partial charge in [0, 0.05) is 30.7 Å². The van der Waals surface area contributed by atoms with Gasteiger partial charge in [0.15, 0.2) is 10.8 Å². The number of nitrogens with one attached hydrogen (secondary N) is 1. The highest BCUT2D eigenvalue weighted by Crippen LogP contribution is 2.36. The molecule has 7 nitrogen and oxygen atoms in total. The maximum absolute atomic E-state index is 14.7. The van der Waals surface area contributed by atoms with E-state index >= 15 is 0 Å². The molecule has 1 saturated carbocycles. The molecule has 3 heterocycles. The summed E-state index contributed by atoms with van der Waals surface area (Å²) in [5.41, 5.74) is 0.967. The fourth-order valence-corrected chi connectivity index (χ4v) is 4.70. The van der Waals surface area contributed by atoms with E-state index in [0.717, 1.165) is 30.3 Å². The second kappa shape index (κ2) is 7.88. The van der Waals surface area contributed by atoms with Crippen LogP contribution in [-0.2, 0) is 0 Å². The molecule has 0 radical (unpaired) electrons. The van der Waals surface area contributed by atoms with Gasteiger partial charge in [-0.2, -0.15) is 0 Å². The van der Waals surface area contributed by atoms with Crippen LogP contribution in [0, 0.1) is 12.7 Å². The lowest BCUT2D eigenvalue weighted by atomic mass is 9.92. The lowest BCUT2D eigenvalue weighted by Gasteiger charge is -2.29. The maximum Gasteiger partial charge on any atom is 0.151 e. The molecule has 2 aromatic heterocycles. The first-order valence-electron chi connectivity index (χ1n) is 10.2. The minimum absolute atomic E-state index is 0.0627. The molecule has 9 heteroatoms. The zero-order chi connectivity index (χ0) is 20.7. The SMILES string of the molecule is Cc1nnc(-c2cc(O)c(-c3ccc(N4CC[C@H](NC5CCC5)C4)nn3)cc2F)s1. The number of benzene rings is 1. The maximum atomic E-state index is 14.7. The van der Waals surface area contributed by atoms with E-state index in [0.29, 0.717) is 28.3 Å². The third-order valence-electron chi connectivity index (χ3n) is 5.86. The van der Waals surface area contributed by atoms with Gasteiger partial charge < -0.3 is 15.3 Å². The molecule has 2 fully saturated rings. The highest BCUT2D eigenvalue weighted by molar-refractivity contribution is 7.14. The van der Waals surface area contributed by atoms with Crippen LogP contribution < -0.4 is 10.2 Å². The molecule has 1 saturated heterocycles. The number of aromatic hydroxyl groups is 1. The van der Waals surface area contributed by atoms with E-state index in [1.54, 1.807) is 13.0 Å². The van der Waals surface area contributed by atoms with E-state index < -0.39 is 5.82 Å². The number of rotatable bonds is 5. The van der Waals surface area contributed by atoms with Crippen LogP contribution in [0.1, 0.15) is 30.7 Å². The average Bonchev–Trinajstić information content (AvgIpc) is 3.35. The summed E-state index contributed by atoms with van der Waals surface area (Å²) in [7, 11) is 0. The molecule has 0 spiro atoms. The molecule has 0 amide bonds. The molecular formula is C21H23FN6OS. The van der Waals surface area contributed by atoms with Gasteiger partial charge in [0.1, 0.15) is 16.6 Å². The summed E-state index contributed by atoms with van der Waals surface area (Å²) in [6.45, 7) is 3.66. The molecule has 0 unspecified atom stereocenters. The molecule has 5 rings (SSSR count). The fraction of sp³-hybridized carbons (Fsp3) is 0.429. The first kappa shape index (κ1) is 19.3. The zero-order valence-corrected chi connectivity index (χ0v) is 17.5. The van der Waals surface area contributed by atoms with Gasteiger partial charge in [0.05, 0.1) is 11.3 Å². The molecular weight excluding hydrogens is 403 g/mol. The Morgan fingerprint density at radius 1 is 1.07 bits per heavy atom. The van der Waals surface area contributed by atoms with Gasteiger partial charge in [-0.25, -0.2) is 4.39 Å². The molecule has 1 atom stereocenters. The minimum Gasteiger partial charge on any atom is -0.507 e. The number of aromatic nitrogens is 4. The predicted molar refractivity (Wildman–Crippen MR) is 114 cm³/mol. The van der Waals surface area contributed by atoms with E-state index in [-0.39, 0.29) is 11.3 Å². The first-order chi connectivity index (χ1) is 14.6. The second-order valence-corrected chi connectivity index (χ2v) is 9.16. The molecule has 30 heavy (non-hydrogen) atoms.